The van der Waals surface area contributed by atoms with Crippen molar-refractivity contribution in [2.45, 2.75) is 38.4 Å². The lowest BCUT2D eigenvalue weighted by Gasteiger charge is -2.31. The number of benzene rings is 2. The normalized spacial score (nSPS) is 14.0. The maximum Gasteiger partial charge on any atom is 0.407 e. The first-order valence-electron chi connectivity index (χ1n) is 13.6. The molecule has 2 heterocycles. The predicted molar refractivity (Wildman–Crippen MR) is 162 cm³/mol. The fourth-order valence-electron chi connectivity index (χ4n) is 4.46. The molecule has 2 amide bonds. The molecule has 1 saturated carbocycles. The second-order valence-corrected chi connectivity index (χ2v) is 10.7. The van der Waals surface area contributed by atoms with Crippen LogP contribution in [0.25, 0.3) is 22.5 Å². The molecule has 0 saturated heterocycles. The molecule has 4 aromatic rings. The first kappa shape index (κ1) is 31.0. The molecule has 0 unspecified atom stereocenters. The van der Waals surface area contributed by atoms with Gasteiger partial charge in [-0.2, -0.15) is 13.9 Å². The van der Waals surface area contributed by atoms with E-state index in [0.717, 1.165) is 12.8 Å². The Morgan fingerprint density at radius 3 is 2.55 bits per heavy atom. The van der Waals surface area contributed by atoms with Crippen LogP contribution in [0.3, 0.4) is 0 Å². The van der Waals surface area contributed by atoms with Crippen LogP contribution in [0, 0.1) is 0 Å². The van der Waals surface area contributed by atoms with Gasteiger partial charge in [-0.3, -0.25) is 14.7 Å². The lowest BCUT2D eigenvalue weighted by molar-refractivity contribution is 0.0566. The van der Waals surface area contributed by atoms with Crippen molar-refractivity contribution in [1.29, 1.82) is 0 Å². The molecule has 1 aliphatic carbocycles. The third-order valence-corrected chi connectivity index (χ3v) is 7.33. The minimum absolute atomic E-state index is 0.0579. The molecule has 1 atom stereocenters. The van der Waals surface area contributed by atoms with Crippen molar-refractivity contribution < 1.29 is 23.1 Å². The molecule has 0 spiro atoms. The highest BCUT2D eigenvalue weighted by Crippen LogP contribution is 2.33. The Bertz CT molecular complexity index is 1670. The van der Waals surface area contributed by atoms with Gasteiger partial charge in [-0.15, -0.1) is 0 Å². The van der Waals surface area contributed by atoms with Crippen LogP contribution in [-0.4, -0.2) is 61.8 Å². The molecule has 44 heavy (non-hydrogen) atoms. The molecule has 2 aromatic heterocycles. The second-order valence-electron chi connectivity index (χ2n) is 9.92. The number of alkyl carbamates (subject to hydrolysis) is 1. The third kappa shape index (κ3) is 7.17. The second kappa shape index (κ2) is 13.4. The molecule has 0 radical (unpaired) electrons. The van der Waals surface area contributed by atoms with E-state index in [0.29, 0.717) is 42.9 Å². The van der Waals surface area contributed by atoms with Gasteiger partial charge in [0.15, 0.2) is 5.96 Å². The minimum Gasteiger partial charge on any atom is -0.447 e. The van der Waals surface area contributed by atoms with Gasteiger partial charge in [0.05, 0.1) is 23.5 Å². The van der Waals surface area contributed by atoms with Crippen molar-refractivity contribution in [3.63, 3.8) is 0 Å². The Morgan fingerprint density at radius 1 is 1.18 bits per heavy atom. The fourth-order valence-corrected chi connectivity index (χ4v) is 4.80. The number of carbonyl (C=O) groups is 2. The first-order chi connectivity index (χ1) is 21.1. The van der Waals surface area contributed by atoms with Gasteiger partial charge in [-0.25, -0.2) is 14.5 Å². The summed E-state index contributed by atoms with van der Waals surface area (Å²) in [4.78, 5) is 39.4. The van der Waals surface area contributed by atoms with Gasteiger partial charge in [-0.05, 0) is 55.2 Å². The van der Waals surface area contributed by atoms with Crippen LogP contribution >= 0.6 is 23.2 Å². The van der Waals surface area contributed by atoms with Gasteiger partial charge in [-0.1, -0.05) is 41.4 Å². The monoisotopic (exact) mass is 644 g/mol. The largest absolute Gasteiger partial charge is 0.447 e. The van der Waals surface area contributed by atoms with Crippen LogP contribution in [0.4, 0.5) is 13.6 Å². The number of aromatic nitrogens is 4. The van der Waals surface area contributed by atoms with Crippen molar-refractivity contribution in [1.82, 2.24) is 30.0 Å². The van der Waals surface area contributed by atoms with E-state index in [-0.39, 0.29) is 30.7 Å². The molecule has 230 valence electrons. The lowest BCUT2D eigenvalue weighted by atomic mass is 10.0. The highest BCUT2D eigenvalue weighted by molar-refractivity contribution is 6.33. The number of halogens is 4. The summed E-state index contributed by atoms with van der Waals surface area (Å²) in [5.74, 6) is -0.247. The highest BCUT2D eigenvalue weighted by atomic mass is 35.5. The number of ether oxygens (including phenoxy) is 1. The van der Waals surface area contributed by atoms with E-state index in [1.165, 1.54) is 23.5 Å². The van der Waals surface area contributed by atoms with Gasteiger partial charge >= 0.3 is 12.6 Å². The molecular weight excluding hydrogens is 617 g/mol. The molecule has 1 aliphatic rings. The molecule has 2 aromatic carbocycles. The fraction of sp³-hybridized carbons (Fsp3) is 0.276. The third-order valence-electron chi connectivity index (χ3n) is 6.81. The number of imidazole rings is 1. The number of nitrogens with one attached hydrogen (secondary N) is 2. The van der Waals surface area contributed by atoms with Crippen LogP contribution in [0.1, 0.15) is 48.3 Å². The van der Waals surface area contributed by atoms with E-state index >= 15 is 0 Å². The maximum atomic E-state index is 14.1. The van der Waals surface area contributed by atoms with Crippen molar-refractivity contribution in [3.05, 3.63) is 82.4 Å². The molecule has 15 heteroatoms. The van der Waals surface area contributed by atoms with Gasteiger partial charge in [0.2, 0.25) is 0 Å². The number of nitrogens with zero attached hydrogens (tertiary/aromatic N) is 5. The average molecular weight is 645 g/mol. The summed E-state index contributed by atoms with van der Waals surface area (Å²) in [6.07, 6.45) is 5.06. The average Bonchev–Trinajstić information content (AvgIpc) is 3.47. The number of rotatable bonds is 10. The SMILES string of the molecule is CCN=C(N)N(C(=O)c1ccc(-c2cnn(C(F)F)c2)cc1)[C@H](COC(=O)NC1CC1)c1ccc(Cl)c(-c2ncc(Cl)[nH]2)c1. The summed E-state index contributed by atoms with van der Waals surface area (Å²) >= 11 is 12.5. The molecule has 11 nitrogen and oxygen atoms in total. The Balaban J connectivity index is 1.51. The molecule has 0 aliphatic heterocycles. The zero-order valence-electron chi connectivity index (χ0n) is 23.4. The molecular formula is C29H28Cl2F2N8O3. The van der Waals surface area contributed by atoms with E-state index in [1.807, 2.05) is 0 Å². The van der Waals surface area contributed by atoms with Crippen molar-refractivity contribution in [2.24, 2.45) is 10.7 Å². The summed E-state index contributed by atoms with van der Waals surface area (Å²) < 4.78 is 32.1. The number of hydrogen-bond donors (Lipinski definition) is 3. The summed E-state index contributed by atoms with van der Waals surface area (Å²) in [5, 5.41) is 7.09. The minimum atomic E-state index is -2.78. The number of carbonyl (C=O) groups excluding carboxylic acids is 2. The summed E-state index contributed by atoms with van der Waals surface area (Å²) in [7, 11) is 0. The Morgan fingerprint density at radius 2 is 1.93 bits per heavy atom. The topological polar surface area (TPSA) is 144 Å². The van der Waals surface area contributed by atoms with Crippen molar-refractivity contribution in [3.8, 4) is 22.5 Å². The standard InChI is InChI=1S/C29H28Cl2F2N8O3/c1-2-35-28(34)41(26(42)17-5-3-16(4-6-17)19-12-37-40(14-19)27(32)33)23(15-44-29(43)38-20-8-9-20)18-7-10-22(30)21(11-18)25-36-13-24(31)39-25/h3-7,10-14,20,23,27H,2,8-9,15H2,1H3,(H2,34,35)(H,36,39)(H,38,43)/t23-/m1/s1. The summed E-state index contributed by atoms with van der Waals surface area (Å²) in [5.41, 5.74) is 8.66. The van der Waals surface area contributed by atoms with E-state index in [4.69, 9.17) is 33.7 Å². The molecule has 1 fully saturated rings. The van der Waals surface area contributed by atoms with Crippen molar-refractivity contribution >= 4 is 41.2 Å². The van der Waals surface area contributed by atoms with Crippen LogP contribution in [-0.2, 0) is 4.74 Å². The number of amides is 2. The first-order valence-corrected chi connectivity index (χ1v) is 14.4. The zero-order valence-corrected chi connectivity index (χ0v) is 24.9. The van der Waals surface area contributed by atoms with E-state index in [2.05, 4.69) is 25.4 Å². The van der Waals surface area contributed by atoms with Gasteiger partial charge < -0.3 is 20.8 Å². The van der Waals surface area contributed by atoms with E-state index in [1.54, 1.807) is 49.4 Å². The summed E-state index contributed by atoms with van der Waals surface area (Å²) in [6, 6.07) is 10.4. The van der Waals surface area contributed by atoms with Gasteiger partial charge in [0.25, 0.3) is 5.91 Å². The van der Waals surface area contributed by atoms with Crippen LogP contribution in [0.15, 0.2) is 66.0 Å². The zero-order chi connectivity index (χ0) is 31.4. The number of aliphatic imine (C=N–C) groups is 1. The molecule has 4 N–H and O–H groups in total. The van der Waals surface area contributed by atoms with Gasteiger partial charge in [0, 0.05) is 35.5 Å². The maximum absolute atomic E-state index is 14.1. The smallest absolute Gasteiger partial charge is 0.407 e. The van der Waals surface area contributed by atoms with Gasteiger partial charge in [0.1, 0.15) is 17.6 Å². The van der Waals surface area contributed by atoms with E-state index < -0.39 is 24.6 Å². The van der Waals surface area contributed by atoms with Crippen LogP contribution in [0.5, 0.6) is 0 Å². The predicted octanol–water partition coefficient (Wildman–Crippen LogP) is 6.05. The Labute approximate surface area is 261 Å². The Kier molecular flexibility index (Phi) is 9.45. The number of alkyl halides is 2. The quantitative estimate of drug-likeness (QED) is 0.142. The highest BCUT2D eigenvalue weighted by Gasteiger charge is 2.32. The number of H-pyrrole nitrogens is 1. The molecule has 0 bridgehead atoms. The number of aromatic amines is 1. The van der Waals surface area contributed by atoms with Crippen molar-refractivity contribution in [2.75, 3.05) is 13.2 Å². The van der Waals surface area contributed by atoms with E-state index in [9.17, 15) is 18.4 Å². The molecule has 5 rings (SSSR count). The lowest BCUT2D eigenvalue weighted by Crippen LogP contribution is -2.46. The summed E-state index contributed by atoms with van der Waals surface area (Å²) in [6.45, 7) is -1.01. The Hall–Kier alpha value is -4.49. The van der Waals surface area contributed by atoms with Crippen LogP contribution in [0.2, 0.25) is 10.2 Å². The van der Waals surface area contributed by atoms with Crippen LogP contribution < -0.4 is 11.1 Å². The number of nitrogens with two attached hydrogens (primary N) is 1. The number of guanidine groups is 1. The number of hydrogen-bond acceptors (Lipinski definition) is 6.